The Bertz CT molecular complexity index is 1410. The molecule has 8 heteroatoms. The van der Waals surface area contributed by atoms with Gasteiger partial charge in [-0.1, -0.05) is 73.5 Å². The summed E-state index contributed by atoms with van der Waals surface area (Å²) >= 11 is 5.67. The van der Waals surface area contributed by atoms with E-state index in [9.17, 15) is 4.79 Å². The molecule has 7 nitrogen and oxygen atoms in total. The fourth-order valence-corrected chi connectivity index (χ4v) is 4.52. The smallest absolute Gasteiger partial charge is 0.310 e. The highest BCUT2D eigenvalue weighted by Crippen LogP contribution is 2.59. The number of para-hydroxylation sites is 1. The van der Waals surface area contributed by atoms with E-state index in [1.165, 1.54) is 5.57 Å². The van der Waals surface area contributed by atoms with Gasteiger partial charge in [0.2, 0.25) is 6.19 Å². The van der Waals surface area contributed by atoms with Gasteiger partial charge in [-0.25, -0.2) is 4.98 Å². The first kappa shape index (κ1) is 31.4. The van der Waals surface area contributed by atoms with Crippen molar-refractivity contribution >= 4 is 23.4 Å². The van der Waals surface area contributed by atoms with Gasteiger partial charge in [-0.3, -0.25) is 4.79 Å². The number of carbonyl (C=O) groups is 1. The van der Waals surface area contributed by atoms with E-state index in [-0.39, 0.29) is 29.8 Å². The van der Waals surface area contributed by atoms with Crippen LogP contribution in [0.15, 0.2) is 89.6 Å². The number of ether oxygens (including phenoxy) is 2. The Morgan fingerprint density at radius 1 is 1.07 bits per heavy atom. The van der Waals surface area contributed by atoms with Crippen molar-refractivity contribution in [1.29, 1.82) is 5.26 Å². The van der Waals surface area contributed by atoms with Crippen molar-refractivity contribution in [1.82, 2.24) is 9.88 Å². The third kappa shape index (κ3) is 9.47. The lowest BCUT2D eigenvalue weighted by molar-refractivity contribution is -0.147. The molecule has 3 aromatic rings. The summed E-state index contributed by atoms with van der Waals surface area (Å²) < 4.78 is 11.4. The zero-order chi connectivity index (χ0) is 30.0. The number of rotatable bonds is 8. The molecule has 1 saturated carbocycles. The van der Waals surface area contributed by atoms with Crippen molar-refractivity contribution < 1.29 is 14.3 Å². The molecule has 2 atom stereocenters. The molecule has 1 aliphatic carbocycles. The lowest BCUT2D eigenvalue weighted by Gasteiger charge is -2.17. The van der Waals surface area contributed by atoms with Crippen LogP contribution < -0.4 is 4.74 Å². The number of aromatic nitrogens is 1. The van der Waals surface area contributed by atoms with E-state index in [0.29, 0.717) is 17.5 Å². The van der Waals surface area contributed by atoms with Crippen molar-refractivity contribution in [2.45, 2.75) is 47.8 Å². The summed E-state index contributed by atoms with van der Waals surface area (Å²) in [6, 6.07) is 20.9. The minimum Gasteiger partial charge on any atom is -0.461 e. The van der Waals surface area contributed by atoms with Crippen molar-refractivity contribution in [3.8, 4) is 17.7 Å². The number of halogens is 1. The maximum atomic E-state index is 12.5. The van der Waals surface area contributed by atoms with Gasteiger partial charge in [-0.05, 0) is 73.6 Å². The van der Waals surface area contributed by atoms with Crippen LogP contribution in [0.1, 0.15) is 45.7 Å². The third-order valence-electron chi connectivity index (χ3n) is 6.91. The van der Waals surface area contributed by atoms with E-state index in [4.69, 9.17) is 26.3 Å². The van der Waals surface area contributed by atoms with Crippen LogP contribution in [0.3, 0.4) is 0 Å². The van der Waals surface area contributed by atoms with Crippen LogP contribution in [0.2, 0.25) is 5.15 Å². The van der Waals surface area contributed by atoms with Crippen LogP contribution in [0.4, 0.5) is 0 Å². The largest absolute Gasteiger partial charge is 0.461 e. The number of aliphatic imine (C=N–C) groups is 1. The fraction of sp³-hybridized carbons (Fsp3) is 0.333. The number of benzene rings is 2. The number of nitrogens with zero attached hydrogens (tertiary/aromatic N) is 4. The summed E-state index contributed by atoms with van der Waals surface area (Å²) in [6.45, 7) is 11.1. The summed E-state index contributed by atoms with van der Waals surface area (Å²) in [5.74, 6) is 2.29. The Morgan fingerprint density at radius 2 is 1.78 bits per heavy atom. The summed E-state index contributed by atoms with van der Waals surface area (Å²) in [5, 5.41) is 8.87. The number of amidine groups is 1. The number of esters is 1. The number of pyridine rings is 1. The van der Waals surface area contributed by atoms with Crippen LogP contribution in [0.5, 0.6) is 11.5 Å². The maximum absolute atomic E-state index is 12.5. The predicted molar refractivity (Wildman–Crippen MR) is 162 cm³/mol. The van der Waals surface area contributed by atoms with Gasteiger partial charge in [-0.15, -0.1) is 0 Å². The van der Waals surface area contributed by atoms with Gasteiger partial charge >= 0.3 is 5.97 Å². The van der Waals surface area contributed by atoms with E-state index < -0.39 is 0 Å². The number of hydrogen-bond donors (Lipinski definition) is 0. The van der Waals surface area contributed by atoms with Crippen LogP contribution in [-0.4, -0.2) is 28.7 Å². The molecule has 1 aliphatic rings. The number of hydrogen-bond acceptors (Lipinski definition) is 6. The normalized spacial score (nSPS) is 16.8. The molecular weight excluding hydrogens is 536 g/mol. The number of allylic oxidation sites excluding steroid dienone is 2. The van der Waals surface area contributed by atoms with Gasteiger partial charge in [0.1, 0.15) is 29.1 Å². The lowest BCUT2D eigenvalue weighted by Crippen LogP contribution is -2.23. The van der Waals surface area contributed by atoms with Crippen LogP contribution >= 0.6 is 11.6 Å². The van der Waals surface area contributed by atoms with E-state index in [1.54, 1.807) is 25.4 Å². The molecule has 41 heavy (non-hydrogen) atoms. The molecule has 2 aromatic carbocycles. The standard InChI is InChI=1S/C23H26O3.C10H11ClN4/c1-16(2)13-20-21(23(20,3)4)22(24)25-15-17-9-8-12-19(14-17)26-18-10-6-5-7-11-18;1-8(14-7-12)15(2)6-9-3-4-10(11)13-5-9/h5-14,20-21H,15H2,1-4H3;3-5H,6H2,1-2H3. The highest BCUT2D eigenvalue weighted by atomic mass is 35.5. The molecule has 0 bridgehead atoms. The molecular formula is C33H37ClN4O3. The van der Waals surface area contributed by atoms with E-state index in [0.717, 1.165) is 22.6 Å². The van der Waals surface area contributed by atoms with Crippen LogP contribution in [0, 0.1) is 28.7 Å². The van der Waals surface area contributed by atoms with Crippen LogP contribution in [0.25, 0.3) is 0 Å². The summed E-state index contributed by atoms with van der Waals surface area (Å²) in [6.07, 6.45) is 5.64. The van der Waals surface area contributed by atoms with Gasteiger partial charge in [-0.2, -0.15) is 10.3 Å². The van der Waals surface area contributed by atoms with Gasteiger partial charge in [0.05, 0.1) is 5.92 Å². The van der Waals surface area contributed by atoms with Crippen molar-refractivity contribution in [2.24, 2.45) is 22.2 Å². The molecule has 1 heterocycles. The monoisotopic (exact) mass is 572 g/mol. The topological polar surface area (TPSA) is 87.8 Å². The molecule has 0 radical (unpaired) electrons. The van der Waals surface area contributed by atoms with Gasteiger partial charge < -0.3 is 14.4 Å². The van der Waals surface area contributed by atoms with E-state index in [1.807, 2.05) is 72.6 Å². The zero-order valence-electron chi connectivity index (χ0n) is 24.5. The zero-order valence-corrected chi connectivity index (χ0v) is 25.2. The second-order valence-electron chi connectivity index (χ2n) is 10.8. The molecule has 1 aromatic heterocycles. The minimum absolute atomic E-state index is 0.0212. The quantitative estimate of drug-likeness (QED) is 0.0682. The minimum atomic E-state index is -0.119. The second kappa shape index (κ2) is 14.5. The summed E-state index contributed by atoms with van der Waals surface area (Å²) in [7, 11) is 1.87. The van der Waals surface area contributed by atoms with Crippen molar-refractivity contribution in [3.63, 3.8) is 0 Å². The summed E-state index contributed by atoms with van der Waals surface area (Å²) in [5.41, 5.74) is 3.16. The van der Waals surface area contributed by atoms with E-state index >= 15 is 0 Å². The molecule has 0 spiro atoms. The molecule has 1 fully saturated rings. The van der Waals surface area contributed by atoms with Gasteiger partial charge in [0, 0.05) is 19.8 Å². The average molecular weight is 573 g/mol. The first-order valence-corrected chi connectivity index (χ1v) is 13.8. The molecule has 214 valence electrons. The Hall–Kier alpha value is -4.15. The molecule has 0 amide bonds. The average Bonchev–Trinajstić information content (AvgIpc) is 3.48. The van der Waals surface area contributed by atoms with Crippen molar-refractivity contribution in [2.75, 3.05) is 7.05 Å². The number of nitriles is 1. The molecule has 0 N–H and O–H groups in total. The first-order valence-electron chi connectivity index (χ1n) is 13.4. The Labute approximate surface area is 248 Å². The van der Waals surface area contributed by atoms with Crippen LogP contribution in [-0.2, 0) is 22.7 Å². The maximum Gasteiger partial charge on any atom is 0.310 e. The Balaban J connectivity index is 0.000000263. The third-order valence-corrected chi connectivity index (χ3v) is 7.13. The Morgan fingerprint density at radius 3 is 2.41 bits per heavy atom. The molecule has 0 aliphatic heterocycles. The highest BCUT2D eigenvalue weighted by molar-refractivity contribution is 6.29. The number of carbonyl (C=O) groups excluding carboxylic acids is 1. The lowest BCUT2D eigenvalue weighted by atomic mass is 10.1. The van der Waals surface area contributed by atoms with Gasteiger partial charge in [0.25, 0.3) is 0 Å². The molecule has 4 rings (SSSR count). The first-order chi connectivity index (χ1) is 19.5. The van der Waals surface area contributed by atoms with Gasteiger partial charge in [0.15, 0.2) is 0 Å². The SMILES string of the molecule is CC(=NC#N)N(C)Cc1ccc(Cl)nc1.CC(C)=CC1C(C(=O)OCc2cccc(Oc3ccccc3)c2)C1(C)C. The molecule has 0 saturated heterocycles. The second-order valence-corrected chi connectivity index (χ2v) is 11.2. The fourth-order valence-electron chi connectivity index (χ4n) is 4.41. The summed E-state index contributed by atoms with van der Waals surface area (Å²) in [4.78, 5) is 22.0. The highest BCUT2D eigenvalue weighted by Gasteiger charge is 2.61. The van der Waals surface area contributed by atoms with E-state index in [2.05, 4.69) is 43.7 Å². The van der Waals surface area contributed by atoms with Crippen molar-refractivity contribution in [3.05, 3.63) is 101 Å². The molecule has 2 unspecified atom stereocenters. The predicted octanol–water partition coefficient (Wildman–Crippen LogP) is 7.83. The Kier molecular flexibility index (Phi) is 11.1.